The number of rotatable bonds is 1. The first-order valence-corrected chi connectivity index (χ1v) is 9.76. The first-order chi connectivity index (χ1) is 9.46. The van der Waals surface area contributed by atoms with Crippen LogP contribution >= 0.6 is 27.7 Å². The van der Waals surface area contributed by atoms with Crippen molar-refractivity contribution < 1.29 is 8.95 Å². The molecule has 3 nitrogen and oxygen atoms in total. The molecule has 0 bridgehead atoms. The van der Waals surface area contributed by atoms with Gasteiger partial charge in [0.1, 0.15) is 10.3 Å². The lowest BCUT2D eigenvalue weighted by atomic mass is 10.1. The van der Waals surface area contributed by atoms with Crippen molar-refractivity contribution in [2.24, 2.45) is 4.99 Å². The first-order valence-electron chi connectivity index (χ1n) is 6.54. The summed E-state index contributed by atoms with van der Waals surface area (Å²) >= 11 is 5.24. The first kappa shape index (κ1) is 14.6. The van der Waals surface area contributed by atoms with Gasteiger partial charge in [-0.25, -0.2) is 4.99 Å². The van der Waals surface area contributed by atoms with Crippen molar-refractivity contribution in [3.05, 3.63) is 28.2 Å². The molecular formula is C14H16BrNO2S2. The van der Waals surface area contributed by atoms with Crippen molar-refractivity contribution in [2.75, 3.05) is 11.5 Å². The van der Waals surface area contributed by atoms with Crippen LogP contribution in [0.5, 0.6) is 5.75 Å². The van der Waals surface area contributed by atoms with Crippen molar-refractivity contribution in [3.63, 3.8) is 0 Å². The van der Waals surface area contributed by atoms with Crippen LogP contribution < -0.4 is 4.74 Å². The molecule has 2 aliphatic rings. The van der Waals surface area contributed by atoms with Gasteiger partial charge < -0.3 is 4.74 Å². The van der Waals surface area contributed by atoms with Gasteiger partial charge in [0.15, 0.2) is 5.72 Å². The van der Waals surface area contributed by atoms with Crippen molar-refractivity contribution >= 4 is 44.2 Å². The minimum atomic E-state index is -0.861. The lowest BCUT2D eigenvalue weighted by molar-refractivity contribution is 0.115. The normalized spacial score (nSPS) is 28.2. The number of aliphatic imine (C=N–C) groups is 1. The maximum Gasteiger partial charge on any atom is 0.194 e. The van der Waals surface area contributed by atoms with E-state index in [4.69, 9.17) is 9.73 Å². The third-order valence-corrected chi connectivity index (χ3v) is 7.18. The van der Waals surface area contributed by atoms with E-state index in [1.807, 2.05) is 32.0 Å². The summed E-state index contributed by atoms with van der Waals surface area (Å²) in [6.45, 7) is 3.88. The van der Waals surface area contributed by atoms with E-state index in [2.05, 4.69) is 15.9 Å². The number of hydrogen-bond donors (Lipinski definition) is 0. The van der Waals surface area contributed by atoms with Crippen LogP contribution in [0.1, 0.15) is 25.8 Å². The number of thioether (sulfide) groups is 1. The molecule has 1 aromatic carbocycles. The Morgan fingerprint density at radius 3 is 3.05 bits per heavy atom. The number of ether oxygens (including phenoxy) is 1. The minimum absolute atomic E-state index is 0.0417. The standard InChI is InChI=1S/C14H16BrNO2S2/c1-14(2)16-12(13-19-6-3-7-20(13)17)10-8-9(15)4-5-11(10)18-14/h4-5,8,13H,3,6-7H2,1-2H3. The number of fused-ring (bicyclic) bond motifs is 1. The average molecular weight is 374 g/mol. The number of benzene rings is 1. The Hall–Kier alpha value is -0.330. The van der Waals surface area contributed by atoms with Crippen LogP contribution in [-0.4, -0.2) is 31.7 Å². The Morgan fingerprint density at radius 2 is 2.30 bits per heavy atom. The fraction of sp³-hybridized carbons (Fsp3) is 0.500. The quantitative estimate of drug-likeness (QED) is 0.754. The molecule has 2 atom stereocenters. The highest BCUT2D eigenvalue weighted by molar-refractivity contribution is 9.10. The summed E-state index contributed by atoms with van der Waals surface area (Å²) in [5, 5.41) is 0. The highest BCUT2D eigenvalue weighted by atomic mass is 79.9. The zero-order valence-electron chi connectivity index (χ0n) is 11.4. The molecule has 0 aliphatic carbocycles. The zero-order chi connectivity index (χ0) is 14.3. The van der Waals surface area contributed by atoms with Gasteiger partial charge in [-0.3, -0.25) is 4.21 Å². The second-order valence-electron chi connectivity index (χ2n) is 5.33. The molecule has 2 heterocycles. The lowest BCUT2D eigenvalue weighted by Crippen LogP contribution is -2.38. The van der Waals surface area contributed by atoms with Gasteiger partial charge in [-0.15, -0.1) is 11.8 Å². The van der Waals surface area contributed by atoms with E-state index in [0.29, 0.717) is 0 Å². The summed E-state index contributed by atoms with van der Waals surface area (Å²) in [6.07, 6.45) is 1.02. The Bertz CT molecular complexity index is 601. The van der Waals surface area contributed by atoms with Gasteiger partial charge in [0, 0.05) is 26.6 Å². The molecule has 3 rings (SSSR count). The summed E-state index contributed by atoms with van der Waals surface area (Å²) < 4.78 is 19.2. The number of nitrogens with zero attached hydrogens (tertiary/aromatic N) is 1. The molecule has 1 aromatic rings. The van der Waals surface area contributed by atoms with E-state index < -0.39 is 16.5 Å². The Morgan fingerprint density at radius 1 is 1.50 bits per heavy atom. The molecule has 1 saturated heterocycles. The predicted octanol–water partition coefficient (Wildman–Crippen LogP) is 3.58. The SMILES string of the molecule is CC1(C)N=C(C2SCCCS2=O)c2cc(Br)ccc2O1. The van der Waals surface area contributed by atoms with Crippen molar-refractivity contribution in [2.45, 2.75) is 30.6 Å². The van der Waals surface area contributed by atoms with Gasteiger partial charge in [0.25, 0.3) is 0 Å². The maximum absolute atomic E-state index is 12.4. The third kappa shape index (κ3) is 2.83. The van der Waals surface area contributed by atoms with Gasteiger partial charge in [-0.2, -0.15) is 0 Å². The molecule has 0 spiro atoms. The van der Waals surface area contributed by atoms with Gasteiger partial charge in [-0.1, -0.05) is 15.9 Å². The minimum Gasteiger partial charge on any atom is -0.466 e. The van der Waals surface area contributed by atoms with Gasteiger partial charge in [0.05, 0.1) is 5.71 Å². The summed E-state index contributed by atoms with van der Waals surface area (Å²) in [6, 6.07) is 5.92. The molecule has 0 amide bonds. The van der Waals surface area contributed by atoms with Crippen LogP contribution in [0.25, 0.3) is 0 Å². The average Bonchev–Trinajstić information content (AvgIpc) is 2.38. The number of halogens is 1. The molecule has 0 aromatic heterocycles. The Labute approximate surface area is 134 Å². The zero-order valence-corrected chi connectivity index (χ0v) is 14.6. The summed E-state index contributed by atoms with van der Waals surface area (Å²) in [5.74, 6) is 2.63. The largest absolute Gasteiger partial charge is 0.466 e. The molecule has 0 N–H and O–H groups in total. The lowest BCUT2D eigenvalue weighted by Gasteiger charge is -2.33. The van der Waals surface area contributed by atoms with E-state index in [0.717, 1.165) is 39.4 Å². The van der Waals surface area contributed by atoms with Crippen LogP contribution in [0.2, 0.25) is 0 Å². The van der Waals surface area contributed by atoms with Crippen LogP contribution in [0, 0.1) is 0 Å². The molecule has 1 fully saturated rings. The monoisotopic (exact) mass is 373 g/mol. The van der Waals surface area contributed by atoms with E-state index in [1.165, 1.54) is 0 Å². The fourth-order valence-corrected chi connectivity index (χ4v) is 6.05. The topological polar surface area (TPSA) is 38.7 Å². The van der Waals surface area contributed by atoms with Crippen molar-refractivity contribution in [3.8, 4) is 5.75 Å². The Balaban J connectivity index is 2.09. The molecule has 20 heavy (non-hydrogen) atoms. The second kappa shape index (κ2) is 5.46. The van der Waals surface area contributed by atoms with Crippen LogP contribution in [0.15, 0.2) is 27.7 Å². The van der Waals surface area contributed by atoms with Crippen molar-refractivity contribution in [1.29, 1.82) is 0 Å². The molecule has 2 aliphatic heterocycles. The summed E-state index contributed by atoms with van der Waals surface area (Å²) in [7, 11) is -0.861. The maximum atomic E-state index is 12.4. The van der Waals surface area contributed by atoms with E-state index >= 15 is 0 Å². The predicted molar refractivity (Wildman–Crippen MR) is 89.3 cm³/mol. The third-order valence-electron chi connectivity index (χ3n) is 3.19. The van der Waals surface area contributed by atoms with Crippen LogP contribution in [-0.2, 0) is 10.8 Å². The Kier molecular flexibility index (Phi) is 3.99. The van der Waals surface area contributed by atoms with E-state index in [-0.39, 0.29) is 4.58 Å². The molecular weight excluding hydrogens is 358 g/mol. The molecule has 6 heteroatoms. The number of hydrogen-bond acceptors (Lipinski definition) is 4. The highest BCUT2D eigenvalue weighted by Gasteiger charge is 2.35. The van der Waals surface area contributed by atoms with Crippen LogP contribution in [0.4, 0.5) is 0 Å². The fourth-order valence-electron chi connectivity index (χ4n) is 2.39. The van der Waals surface area contributed by atoms with E-state index in [9.17, 15) is 4.21 Å². The molecule has 0 radical (unpaired) electrons. The highest BCUT2D eigenvalue weighted by Crippen LogP contribution is 2.37. The summed E-state index contributed by atoms with van der Waals surface area (Å²) in [5.41, 5.74) is 1.28. The van der Waals surface area contributed by atoms with Crippen LogP contribution in [0.3, 0.4) is 0 Å². The smallest absolute Gasteiger partial charge is 0.194 e. The second-order valence-corrected chi connectivity index (χ2v) is 9.40. The van der Waals surface area contributed by atoms with Gasteiger partial charge in [0.2, 0.25) is 0 Å². The molecule has 108 valence electrons. The van der Waals surface area contributed by atoms with E-state index in [1.54, 1.807) is 11.8 Å². The van der Waals surface area contributed by atoms with Gasteiger partial charge >= 0.3 is 0 Å². The molecule has 0 saturated carbocycles. The van der Waals surface area contributed by atoms with Gasteiger partial charge in [-0.05, 0) is 44.2 Å². The summed E-state index contributed by atoms with van der Waals surface area (Å²) in [4.78, 5) is 4.73. The molecule has 2 unspecified atom stereocenters. The van der Waals surface area contributed by atoms with Crippen molar-refractivity contribution in [1.82, 2.24) is 0 Å².